The van der Waals surface area contributed by atoms with Crippen molar-refractivity contribution >= 4 is 16.5 Å². The fourth-order valence-corrected chi connectivity index (χ4v) is 5.93. The molecule has 180 valence electrons. The number of ether oxygens (including phenoxy) is 2. The minimum atomic E-state index is 0.0325. The second kappa shape index (κ2) is 10.1. The molecule has 0 atom stereocenters. The standard InChI is InChI=1S/C32H35NO2/c1-24-12-5-8-16-29(24)35-25(2)13-11-17-30-32(20-9-4-10-21-32)31-27-15-7-6-14-26(27)18-19-28(31)33(30)22-23-34-3/h5-8,11-19H,2,4,9-10,20-23H2,1,3H3/b13-11+,30-17+. The zero-order chi connectivity index (χ0) is 24.3. The summed E-state index contributed by atoms with van der Waals surface area (Å²) in [6, 6.07) is 21.5. The Kier molecular flexibility index (Phi) is 6.79. The van der Waals surface area contributed by atoms with Crippen LogP contribution in [0.3, 0.4) is 0 Å². The van der Waals surface area contributed by atoms with Crippen LogP contribution in [-0.4, -0.2) is 20.3 Å². The molecule has 1 spiro atoms. The van der Waals surface area contributed by atoms with E-state index in [1.54, 1.807) is 7.11 Å². The van der Waals surface area contributed by atoms with E-state index < -0.39 is 0 Å². The third kappa shape index (κ3) is 4.41. The Morgan fingerprint density at radius 1 is 1.00 bits per heavy atom. The molecule has 5 rings (SSSR count). The van der Waals surface area contributed by atoms with E-state index in [9.17, 15) is 0 Å². The average molecular weight is 466 g/mol. The van der Waals surface area contributed by atoms with Gasteiger partial charge in [0.2, 0.25) is 0 Å². The van der Waals surface area contributed by atoms with Crippen molar-refractivity contribution in [3.8, 4) is 5.75 Å². The number of fused-ring (bicyclic) bond motifs is 4. The highest BCUT2D eigenvalue weighted by Gasteiger charge is 2.48. The first kappa shape index (κ1) is 23.4. The van der Waals surface area contributed by atoms with Crippen LogP contribution in [0.4, 0.5) is 5.69 Å². The van der Waals surface area contributed by atoms with Crippen molar-refractivity contribution in [2.75, 3.05) is 25.2 Å². The van der Waals surface area contributed by atoms with Gasteiger partial charge < -0.3 is 14.4 Å². The molecule has 3 nitrogen and oxygen atoms in total. The van der Waals surface area contributed by atoms with E-state index >= 15 is 0 Å². The molecule has 3 aromatic carbocycles. The predicted molar refractivity (Wildman–Crippen MR) is 146 cm³/mol. The number of benzene rings is 3. The van der Waals surface area contributed by atoms with Crippen molar-refractivity contribution in [1.82, 2.24) is 0 Å². The summed E-state index contributed by atoms with van der Waals surface area (Å²) in [5.41, 5.74) is 5.34. The number of methoxy groups -OCH3 is 1. The molecule has 1 heterocycles. The van der Waals surface area contributed by atoms with Crippen LogP contribution in [0, 0.1) is 6.92 Å². The Balaban J connectivity index is 1.55. The molecule has 1 saturated carbocycles. The van der Waals surface area contributed by atoms with Crippen LogP contribution in [0.25, 0.3) is 10.8 Å². The molecule has 35 heavy (non-hydrogen) atoms. The first-order valence-corrected chi connectivity index (χ1v) is 12.7. The van der Waals surface area contributed by atoms with Crippen LogP contribution in [0.2, 0.25) is 0 Å². The largest absolute Gasteiger partial charge is 0.458 e. The minimum Gasteiger partial charge on any atom is -0.458 e. The molecule has 0 aromatic heterocycles. The lowest BCUT2D eigenvalue weighted by Gasteiger charge is -2.37. The molecule has 1 aliphatic heterocycles. The van der Waals surface area contributed by atoms with Crippen molar-refractivity contribution in [2.24, 2.45) is 0 Å². The molecule has 2 aliphatic rings. The summed E-state index contributed by atoms with van der Waals surface area (Å²) in [5, 5.41) is 2.70. The first-order chi connectivity index (χ1) is 17.1. The van der Waals surface area contributed by atoms with Crippen LogP contribution < -0.4 is 9.64 Å². The van der Waals surface area contributed by atoms with Gasteiger partial charge in [0.05, 0.1) is 6.61 Å². The molecular formula is C32H35NO2. The van der Waals surface area contributed by atoms with Gasteiger partial charge in [-0.1, -0.05) is 80.4 Å². The lowest BCUT2D eigenvalue weighted by Crippen LogP contribution is -2.34. The van der Waals surface area contributed by atoms with Gasteiger partial charge in [0.15, 0.2) is 0 Å². The third-order valence-electron chi connectivity index (χ3n) is 7.55. The molecule has 0 radical (unpaired) electrons. The van der Waals surface area contributed by atoms with Gasteiger partial charge in [0, 0.05) is 30.5 Å². The van der Waals surface area contributed by atoms with Crippen LogP contribution in [0.5, 0.6) is 5.75 Å². The van der Waals surface area contributed by atoms with Gasteiger partial charge in [0.25, 0.3) is 0 Å². The number of hydrogen-bond donors (Lipinski definition) is 0. The van der Waals surface area contributed by atoms with E-state index in [2.05, 4.69) is 73.0 Å². The fourth-order valence-electron chi connectivity index (χ4n) is 5.93. The van der Waals surface area contributed by atoms with Gasteiger partial charge in [-0.05, 0) is 65.9 Å². The molecule has 1 aliphatic carbocycles. The van der Waals surface area contributed by atoms with E-state index in [-0.39, 0.29) is 5.41 Å². The molecule has 1 fully saturated rings. The van der Waals surface area contributed by atoms with Gasteiger partial charge >= 0.3 is 0 Å². The molecule has 0 unspecified atom stereocenters. The SMILES string of the molecule is C=C(/C=C/C=C1/N(CCOC)c2ccc3ccccc3c2C12CCCCC2)Oc1ccccc1C. The Labute approximate surface area is 209 Å². The van der Waals surface area contributed by atoms with Crippen LogP contribution in [0.1, 0.15) is 43.2 Å². The van der Waals surface area contributed by atoms with E-state index in [4.69, 9.17) is 9.47 Å². The summed E-state index contributed by atoms with van der Waals surface area (Å²) < 4.78 is 11.5. The maximum atomic E-state index is 6.01. The van der Waals surface area contributed by atoms with E-state index in [0.29, 0.717) is 12.4 Å². The summed E-state index contributed by atoms with van der Waals surface area (Å²) in [5.74, 6) is 1.48. The molecular weight excluding hydrogens is 430 g/mol. The number of rotatable bonds is 7. The molecule has 0 saturated heterocycles. The van der Waals surface area contributed by atoms with E-state index in [0.717, 1.165) is 17.9 Å². The van der Waals surface area contributed by atoms with Crippen molar-refractivity contribution in [2.45, 2.75) is 44.4 Å². The number of nitrogens with zero attached hydrogens (tertiary/aromatic N) is 1. The Morgan fingerprint density at radius 3 is 2.57 bits per heavy atom. The monoisotopic (exact) mass is 465 g/mol. The molecule has 0 amide bonds. The normalized spacial score (nSPS) is 18.0. The summed E-state index contributed by atoms with van der Waals surface area (Å²) in [6.45, 7) is 7.71. The highest BCUT2D eigenvalue weighted by Crippen LogP contribution is 2.57. The molecule has 0 bridgehead atoms. The quantitative estimate of drug-likeness (QED) is 0.262. The number of para-hydroxylation sites is 1. The Morgan fingerprint density at radius 2 is 1.77 bits per heavy atom. The van der Waals surface area contributed by atoms with Crippen molar-refractivity contribution in [3.63, 3.8) is 0 Å². The second-order valence-electron chi connectivity index (χ2n) is 9.71. The summed E-state index contributed by atoms with van der Waals surface area (Å²) in [7, 11) is 1.78. The van der Waals surface area contributed by atoms with Crippen molar-refractivity contribution in [1.29, 1.82) is 0 Å². The zero-order valence-electron chi connectivity index (χ0n) is 20.9. The molecule has 3 aromatic rings. The van der Waals surface area contributed by atoms with Crippen molar-refractivity contribution < 1.29 is 9.47 Å². The number of allylic oxidation sites excluding steroid dienone is 4. The van der Waals surface area contributed by atoms with Gasteiger partial charge in [-0.15, -0.1) is 0 Å². The number of anilines is 1. The van der Waals surface area contributed by atoms with Crippen molar-refractivity contribution in [3.05, 3.63) is 108 Å². The van der Waals surface area contributed by atoms with Crippen LogP contribution in [0.15, 0.2) is 96.9 Å². The summed E-state index contributed by atoms with van der Waals surface area (Å²) >= 11 is 0. The predicted octanol–water partition coefficient (Wildman–Crippen LogP) is 7.85. The van der Waals surface area contributed by atoms with Crippen LogP contribution in [-0.2, 0) is 10.2 Å². The lowest BCUT2D eigenvalue weighted by molar-refractivity contribution is 0.206. The highest BCUT2D eigenvalue weighted by molar-refractivity contribution is 5.95. The lowest BCUT2D eigenvalue weighted by atomic mass is 9.67. The smallest absolute Gasteiger partial charge is 0.130 e. The number of hydrogen-bond acceptors (Lipinski definition) is 3. The van der Waals surface area contributed by atoms with E-state index in [1.165, 1.54) is 59.8 Å². The molecule has 3 heteroatoms. The topological polar surface area (TPSA) is 21.7 Å². The second-order valence-corrected chi connectivity index (χ2v) is 9.71. The summed E-state index contributed by atoms with van der Waals surface area (Å²) in [4.78, 5) is 2.49. The average Bonchev–Trinajstić information content (AvgIpc) is 3.13. The van der Waals surface area contributed by atoms with Gasteiger partial charge in [0.1, 0.15) is 11.5 Å². The third-order valence-corrected chi connectivity index (χ3v) is 7.55. The van der Waals surface area contributed by atoms with Gasteiger partial charge in [-0.25, -0.2) is 0 Å². The zero-order valence-corrected chi connectivity index (χ0v) is 20.9. The first-order valence-electron chi connectivity index (χ1n) is 12.7. The maximum Gasteiger partial charge on any atom is 0.130 e. The van der Waals surface area contributed by atoms with Gasteiger partial charge in [-0.2, -0.15) is 0 Å². The van der Waals surface area contributed by atoms with E-state index in [1.807, 2.05) is 24.3 Å². The summed E-state index contributed by atoms with van der Waals surface area (Å²) in [6.07, 6.45) is 12.6. The minimum absolute atomic E-state index is 0.0325. The Bertz CT molecular complexity index is 1280. The van der Waals surface area contributed by atoms with Crippen LogP contribution >= 0.6 is 0 Å². The fraction of sp³-hybridized carbons (Fsp3) is 0.312. The maximum absolute atomic E-state index is 6.01. The number of aryl methyl sites for hydroxylation is 1. The van der Waals surface area contributed by atoms with Gasteiger partial charge in [-0.3, -0.25) is 0 Å². The molecule has 0 N–H and O–H groups in total. The highest BCUT2D eigenvalue weighted by atomic mass is 16.5. The Hall–Kier alpha value is -3.30.